The second-order valence-corrected chi connectivity index (χ2v) is 7.35. The first kappa shape index (κ1) is 22.2. The minimum absolute atomic E-state index is 0. The number of hydrogen-bond donors (Lipinski definition) is 2. The fraction of sp³-hybridized carbons (Fsp3) is 0.167. The first-order valence-electron chi connectivity index (χ1n) is 9.61. The number of H-pyrrole nitrogens is 1. The molecule has 6 heteroatoms. The number of aromatic amines is 1. The van der Waals surface area contributed by atoms with Crippen LogP contribution in [0.1, 0.15) is 16.7 Å². The van der Waals surface area contributed by atoms with Gasteiger partial charge in [-0.25, -0.2) is 4.39 Å². The van der Waals surface area contributed by atoms with Gasteiger partial charge in [0.1, 0.15) is 18.2 Å². The fourth-order valence-electron chi connectivity index (χ4n) is 3.38. The Balaban J connectivity index is 0.00000256. The zero-order chi connectivity index (χ0) is 20.1. The Kier molecular flexibility index (Phi) is 7.75. The van der Waals surface area contributed by atoms with E-state index in [1.807, 2.05) is 18.2 Å². The summed E-state index contributed by atoms with van der Waals surface area (Å²) in [5, 5.41) is 5.36. The first-order chi connectivity index (χ1) is 14.2. The van der Waals surface area contributed by atoms with Crippen LogP contribution in [0.4, 0.5) is 4.39 Å². The lowest BCUT2D eigenvalue weighted by Crippen LogP contribution is -2.17. The molecule has 0 unspecified atom stereocenters. The number of para-hydroxylation sites is 1. The maximum Gasteiger partial charge on any atom is 0.129 e. The molecule has 0 amide bonds. The summed E-state index contributed by atoms with van der Waals surface area (Å²) in [4.78, 5) is 3.30. The molecule has 0 saturated carbocycles. The van der Waals surface area contributed by atoms with E-state index in [-0.39, 0.29) is 24.8 Å². The zero-order valence-corrected chi connectivity index (χ0v) is 17.9. The number of halogens is 3. The highest BCUT2D eigenvalue weighted by molar-refractivity contribution is 6.30. The van der Waals surface area contributed by atoms with Gasteiger partial charge in [0.2, 0.25) is 0 Å². The Labute approximate surface area is 186 Å². The molecule has 156 valence electrons. The molecule has 3 nitrogen and oxygen atoms in total. The summed E-state index contributed by atoms with van der Waals surface area (Å²) in [7, 11) is 0. The summed E-state index contributed by atoms with van der Waals surface area (Å²) in [6.45, 7) is 1.62. The predicted octanol–water partition coefficient (Wildman–Crippen LogP) is 6.29. The zero-order valence-electron chi connectivity index (χ0n) is 16.3. The van der Waals surface area contributed by atoms with E-state index in [1.54, 1.807) is 24.3 Å². The van der Waals surface area contributed by atoms with Crippen LogP contribution >= 0.6 is 24.0 Å². The van der Waals surface area contributed by atoms with Crippen LogP contribution < -0.4 is 10.1 Å². The Morgan fingerprint density at radius 2 is 1.73 bits per heavy atom. The maximum absolute atomic E-state index is 13.8. The van der Waals surface area contributed by atoms with E-state index in [0.29, 0.717) is 22.9 Å². The van der Waals surface area contributed by atoms with E-state index >= 15 is 0 Å². The Hall–Kier alpha value is -2.53. The highest BCUT2D eigenvalue weighted by Gasteiger charge is 2.08. The first-order valence-corrected chi connectivity index (χ1v) is 9.99. The van der Waals surface area contributed by atoms with Crippen molar-refractivity contribution >= 4 is 34.9 Å². The van der Waals surface area contributed by atoms with Crippen molar-refractivity contribution in [2.24, 2.45) is 0 Å². The molecule has 1 aromatic heterocycles. The number of aromatic nitrogens is 1. The van der Waals surface area contributed by atoms with Gasteiger partial charge in [-0.3, -0.25) is 0 Å². The fourth-order valence-corrected chi connectivity index (χ4v) is 3.58. The number of hydrogen-bond acceptors (Lipinski definition) is 2. The van der Waals surface area contributed by atoms with Crippen molar-refractivity contribution in [3.05, 3.63) is 100 Å². The third kappa shape index (κ3) is 5.33. The van der Waals surface area contributed by atoms with Crippen molar-refractivity contribution in [3.63, 3.8) is 0 Å². The van der Waals surface area contributed by atoms with Crippen molar-refractivity contribution in [2.75, 3.05) is 6.54 Å². The molecule has 4 rings (SSSR count). The number of nitrogens with one attached hydrogen (secondary N) is 2. The molecular weight excluding hydrogens is 422 g/mol. The number of fused-ring (bicyclic) bond motifs is 1. The van der Waals surface area contributed by atoms with Crippen LogP contribution in [0, 0.1) is 5.82 Å². The third-order valence-corrected chi connectivity index (χ3v) is 5.16. The van der Waals surface area contributed by atoms with Gasteiger partial charge in [-0.2, -0.15) is 0 Å². The molecule has 0 fully saturated rings. The highest BCUT2D eigenvalue weighted by atomic mass is 35.5. The van der Waals surface area contributed by atoms with Gasteiger partial charge in [0.15, 0.2) is 0 Å². The summed E-state index contributed by atoms with van der Waals surface area (Å²) >= 11 is 6.17. The molecule has 0 spiro atoms. The summed E-state index contributed by atoms with van der Waals surface area (Å²) in [5.41, 5.74) is 3.92. The van der Waals surface area contributed by atoms with Gasteiger partial charge in [0.05, 0.1) is 0 Å². The lowest BCUT2D eigenvalue weighted by molar-refractivity contribution is 0.296. The van der Waals surface area contributed by atoms with Crippen LogP contribution in [0.5, 0.6) is 5.75 Å². The van der Waals surface area contributed by atoms with Crippen molar-refractivity contribution in [1.82, 2.24) is 10.3 Å². The minimum Gasteiger partial charge on any atom is -0.488 e. The standard InChI is InChI=1S/C24H22ClFN2O.ClH/c25-20-9-10-24(29-16-18-5-1-3-7-22(18)26)19(13-20)14-27-12-11-17-15-28-23-8-4-2-6-21(17)23;/h1-10,13,15,27-28H,11-12,14,16H2;1H. The Morgan fingerprint density at radius 3 is 2.60 bits per heavy atom. The van der Waals surface area contributed by atoms with Gasteiger partial charge in [-0.05, 0) is 48.9 Å². The van der Waals surface area contributed by atoms with Crippen molar-refractivity contribution in [2.45, 2.75) is 19.6 Å². The van der Waals surface area contributed by atoms with Gasteiger partial charge in [-0.1, -0.05) is 48.0 Å². The van der Waals surface area contributed by atoms with Gasteiger partial charge < -0.3 is 15.0 Å². The molecule has 3 aromatic carbocycles. The molecule has 1 heterocycles. The smallest absolute Gasteiger partial charge is 0.129 e. The third-order valence-electron chi connectivity index (χ3n) is 4.93. The lowest BCUT2D eigenvalue weighted by atomic mass is 10.1. The minimum atomic E-state index is -0.264. The Bertz CT molecular complexity index is 1110. The molecule has 0 atom stereocenters. The SMILES string of the molecule is Cl.Fc1ccccc1COc1ccc(Cl)cc1CNCCc1c[nH]c2ccccc12. The van der Waals surface area contributed by atoms with Crippen LogP contribution in [0.15, 0.2) is 72.9 Å². The number of rotatable bonds is 8. The van der Waals surface area contributed by atoms with Gasteiger partial charge in [0.25, 0.3) is 0 Å². The normalized spacial score (nSPS) is 10.7. The van der Waals surface area contributed by atoms with E-state index in [2.05, 4.69) is 34.7 Å². The second-order valence-electron chi connectivity index (χ2n) is 6.92. The molecule has 0 aliphatic carbocycles. The molecule has 0 aliphatic heterocycles. The molecule has 0 saturated heterocycles. The quantitative estimate of drug-likeness (QED) is 0.313. The largest absolute Gasteiger partial charge is 0.488 e. The van der Waals surface area contributed by atoms with Crippen LogP contribution in [-0.2, 0) is 19.6 Å². The van der Waals surface area contributed by atoms with E-state index in [1.165, 1.54) is 17.0 Å². The van der Waals surface area contributed by atoms with E-state index < -0.39 is 0 Å². The van der Waals surface area contributed by atoms with Crippen molar-refractivity contribution in [1.29, 1.82) is 0 Å². The molecular formula is C24H23Cl2FN2O. The molecule has 0 radical (unpaired) electrons. The monoisotopic (exact) mass is 444 g/mol. The maximum atomic E-state index is 13.8. The summed E-state index contributed by atoms with van der Waals surface area (Å²) in [5.74, 6) is 0.442. The van der Waals surface area contributed by atoms with E-state index in [9.17, 15) is 4.39 Å². The molecule has 30 heavy (non-hydrogen) atoms. The van der Waals surface area contributed by atoms with Crippen molar-refractivity contribution < 1.29 is 9.13 Å². The number of ether oxygens (including phenoxy) is 1. The van der Waals surface area contributed by atoms with Crippen LogP contribution in [0.3, 0.4) is 0 Å². The molecule has 0 aliphatic rings. The van der Waals surface area contributed by atoms with Gasteiger partial charge in [-0.15, -0.1) is 12.4 Å². The van der Waals surface area contributed by atoms with E-state index in [0.717, 1.165) is 24.0 Å². The van der Waals surface area contributed by atoms with Crippen LogP contribution in [0.25, 0.3) is 10.9 Å². The summed E-state index contributed by atoms with van der Waals surface area (Å²) in [6.07, 6.45) is 2.98. The highest BCUT2D eigenvalue weighted by Crippen LogP contribution is 2.24. The summed E-state index contributed by atoms with van der Waals surface area (Å²) < 4.78 is 19.7. The molecule has 4 aromatic rings. The average molecular weight is 445 g/mol. The van der Waals surface area contributed by atoms with Crippen LogP contribution in [-0.4, -0.2) is 11.5 Å². The van der Waals surface area contributed by atoms with Gasteiger partial charge in [0, 0.05) is 39.8 Å². The second kappa shape index (κ2) is 10.5. The van der Waals surface area contributed by atoms with Gasteiger partial charge >= 0.3 is 0 Å². The van der Waals surface area contributed by atoms with E-state index in [4.69, 9.17) is 16.3 Å². The van der Waals surface area contributed by atoms with Crippen LogP contribution in [0.2, 0.25) is 5.02 Å². The predicted molar refractivity (Wildman–Crippen MR) is 123 cm³/mol. The average Bonchev–Trinajstić information content (AvgIpc) is 3.15. The summed E-state index contributed by atoms with van der Waals surface area (Å²) in [6, 6.07) is 20.4. The molecule has 0 bridgehead atoms. The molecule has 2 N–H and O–H groups in total. The number of benzene rings is 3. The topological polar surface area (TPSA) is 37.0 Å². The Morgan fingerprint density at radius 1 is 0.933 bits per heavy atom. The van der Waals surface area contributed by atoms with Crippen molar-refractivity contribution in [3.8, 4) is 5.75 Å². The lowest BCUT2D eigenvalue weighted by Gasteiger charge is -2.13.